The first kappa shape index (κ1) is 23.3. The molecule has 0 amide bonds. The van der Waals surface area contributed by atoms with Gasteiger partial charge >= 0.3 is 0 Å². The maximum absolute atomic E-state index is 15.5. The molecule has 3 aliphatic rings. The maximum atomic E-state index is 15.5. The van der Waals surface area contributed by atoms with Crippen molar-refractivity contribution in [1.29, 1.82) is 0 Å². The summed E-state index contributed by atoms with van der Waals surface area (Å²) in [4.78, 5) is 13.2. The van der Waals surface area contributed by atoms with Crippen molar-refractivity contribution >= 4 is 17.3 Å². The number of anilines is 1. The molecule has 2 aromatic heterocycles. The van der Waals surface area contributed by atoms with Gasteiger partial charge in [-0.3, -0.25) is 0 Å². The molecular weight excluding hydrogens is 444 g/mol. The molecule has 1 aliphatic carbocycles. The van der Waals surface area contributed by atoms with Gasteiger partial charge in [-0.1, -0.05) is 0 Å². The molecule has 2 N–H and O–H groups in total. The van der Waals surface area contributed by atoms with E-state index in [-0.39, 0.29) is 42.6 Å². The van der Waals surface area contributed by atoms with Gasteiger partial charge in [-0.15, -0.1) is 0 Å². The molecule has 0 aromatic carbocycles. The van der Waals surface area contributed by atoms with Crippen LogP contribution in [0.2, 0.25) is 0 Å². The summed E-state index contributed by atoms with van der Waals surface area (Å²) in [6.07, 6.45) is 2.52. The van der Waals surface area contributed by atoms with Crippen LogP contribution in [0.5, 0.6) is 0 Å². The lowest BCUT2D eigenvalue weighted by Crippen LogP contribution is -2.43. The van der Waals surface area contributed by atoms with Gasteiger partial charge in [0.25, 0.3) is 0 Å². The number of aliphatic hydroxyl groups is 1. The van der Waals surface area contributed by atoms with E-state index in [1.54, 1.807) is 7.11 Å². The van der Waals surface area contributed by atoms with E-state index in [1.165, 1.54) is 0 Å². The molecule has 34 heavy (non-hydrogen) atoms. The Morgan fingerprint density at radius 3 is 2.79 bits per heavy atom. The highest BCUT2D eigenvalue weighted by Gasteiger charge is 2.37. The molecule has 8 nitrogen and oxygen atoms in total. The van der Waals surface area contributed by atoms with Crippen LogP contribution < -0.4 is 16.0 Å². The number of nitrogens with one attached hydrogen (secondary N) is 1. The molecule has 184 valence electrons. The molecule has 2 aromatic rings. The van der Waals surface area contributed by atoms with Gasteiger partial charge in [-0.05, 0) is 45.6 Å². The highest BCUT2D eigenvalue weighted by Crippen LogP contribution is 2.40. The van der Waals surface area contributed by atoms with E-state index in [2.05, 4.69) is 31.8 Å². The Kier molecular flexibility index (Phi) is 5.94. The zero-order valence-electron chi connectivity index (χ0n) is 19.9. The van der Waals surface area contributed by atoms with Crippen LogP contribution in [0.25, 0.3) is 11.4 Å². The minimum atomic E-state index is -0.708. The number of imidazole rings is 1. The molecule has 0 saturated carbocycles. The van der Waals surface area contributed by atoms with Gasteiger partial charge in [0.1, 0.15) is 22.6 Å². The van der Waals surface area contributed by atoms with Crippen molar-refractivity contribution in [2.45, 2.75) is 76.2 Å². The van der Waals surface area contributed by atoms with Crippen molar-refractivity contribution in [3.63, 3.8) is 0 Å². The molecule has 1 unspecified atom stereocenters. The summed E-state index contributed by atoms with van der Waals surface area (Å²) in [7, 11) is 1.61. The molecule has 1 saturated heterocycles. The number of halogens is 2. The highest BCUT2D eigenvalue weighted by molar-refractivity contribution is 5.62. The van der Waals surface area contributed by atoms with Gasteiger partial charge in [-0.25, -0.2) is 23.7 Å². The third kappa shape index (κ3) is 3.81. The summed E-state index contributed by atoms with van der Waals surface area (Å²) in [5, 5.41) is 14.3. The van der Waals surface area contributed by atoms with Gasteiger partial charge in [0.2, 0.25) is 5.95 Å². The van der Waals surface area contributed by atoms with E-state index in [4.69, 9.17) is 9.47 Å². The number of methoxy groups -OCH3 is 1. The van der Waals surface area contributed by atoms with Gasteiger partial charge in [-0.2, -0.15) is 0 Å². The van der Waals surface area contributed by atoms with E-state index in [1.807, 2.05) is 13.8 Å². The largest absolute Gasteiger partial charge is 0.389 e. The molecular formula is C24H31F2N5O3. The Labute approximate surface area is 196 Å². The summed E-state index contributed by atoms with van der Waals surface area (Å²) < 4.78 is 43.5. The molecule has 0 bridgehead atoms. The van der Waals surface area contributed by atoms with Crippen LogP contribution in [-0.2, 0) is 15.1 Å². The summed E-state index contributed by atoms with van der Waals surface area (Å²) in [5.74, 6) is -0.629. The Hall–Kier alpha value is -2.43. The van der Waals surface area contributed by atoms with E-state index >= 15 is 8.78 Å². The van der Waals surface area contributed by atoms with E-state index in [9.17, 15) is 5.11 Å². The average Bonchev–Trinajstić information content (AvgIpc) is 3.24. The summed E-state index contributed by atoms with van der Waals surface area (Å²) in [6, 6.07) is -0.185. The second-order valence-corrected chi connectivity index (χ2v) is 9.90. The Morgan fingerprint density at radius 2 is 2.06 bits per heavy atom. The normalized spacial score (nSPS) is 27.0. The number of nitrogens with zero attached hydrogens (tertiary/aromatic N) is 4. The molecule has 1 fully saturated rings. The van der Waals surface area contributed by atoms with E-state index in [0.29, 0.717) is 30.6 Å². The molecule has 0 radical (unpaired) electrons. The number of rotatable bonds is 5. The fraction of sp³-hybridized carbons (Fsp3) is 0.625. The molecule has 0 spiro atoms. The number of aliphatic hydroxyl groups excluding tert-OH is 1. The average molecular weight is 476 g/mol. The Morgan fingerprint density at radius 1 is 1.26 bits per heavy atom. The SMILES string of the molecule is COC(C)(C)c1nc2c3n1[C@@H](C)CCC=3C(c1nc(N[C@@H]3CCOC[C@H]3O)ncc1F)CC=2F. The third-order valence-corrected chi connectivity index (χ3v) is 7.34. The molecule has 4 heterocycles. The number of hydrogen-bond acceptors (Lipinski definition) is 7. The summed E-state index contributed by atoms with van der Waals surface area (Å²) >= 11 is 0. The third-order valence-electron chi connectivity index (χ3n) is 7.34. The molecule has 2 aliphatic heterocycles. The molecule has 5 rings (SSSR count). The fourth-order valence-electron chi connectivity index (χ4n) is 5.24. The van der Waals surface area contributed by atoms with Crippen LogP contribution in [0.1, 0.15) is 69.9 Å². The second-order valence-electron chi connectivity index (χ2n) is 9.90. The topological polar surface area (TPSA) is 94.3 Å². The zero-order valence-corrected chi connectivity index (χ0v) is 19.9. The van der Waals surface area contributed by atoms with Crippen molar-refractivity contribution in [3.8, 4) is 0 Å². The minimum absolute atomic E-state index is 0.00611. The van der Waals surface area contributed by atoms with Crippen LogP contribution in [0.3, 0.4) is 0 Å². The van der Waals surface area contributed by atoms with Crippen molar-refractivity contribution in [1.82, 2.24) is 19.5 Å². The van der Waals surface area contributed by atoms with Gasteiger partial charge in [0.15, 0.2) is 5.82 Å². The van der Waals surface area contributed by atoms with Crippen LogP contribution in [0.15, 0.2) is 6.20 Å². The van der Waals surface area contributed by atoms with Gasteiger partial charge < -0.3 is 24.5 Å². The first-order valence-corrected chi connectivity index (χ1v) is 11.8. The molecule has 10 heteroatoms. The second kappa shape index (κ2) is 8.66. The van der Waals surface area contributed by atoms with Crippen LogP contribution in [0.4, 0.5) is 14.7 Å². The van der Waals surface area contributed by atoms with E-state index < -0.39 is 23.4 Å². The van der Waals surface area contributed by atoms with E-state index in [0.717, 1.165) is 23.5 Å². The molecule has 4 atom stereocenters. The lowest BCUT2D eigenvalue weighted by Gasteiger charge is -2.32. The van der Waals surface area contributed by atoms with Crippen LogP contribution >= 0.6 is 0 Å². The van der Waals surface area contributed by atoms with Crippen molar-refractivity contribution in [3.05, 3.63) is 34.2 Å². The Balaban J connectivity index is 1.61. The first-order valence-electron chi connectivity index (χ1n) is 11.8. The predicted molar refractivity (Wildman–Crippen MR) is 122 cm³/mol. The smallest absolute Gasteiger partial charge is 0.223 e. The van der Waals surface area contributed by atoms with Gasteiger partial charge in [0.05, 0.1) is 36.0 Å². The summed E-state index contributed by atoms with van der Waals surface area (Å²) in [6.45, 7) is 6.63. The van der Waals surface area contributed by atoms with Crippen molar-refractivity contribution in [2.75, 3.05) is 25.6 Å². The van der Waals surface area contributed by atoms with Crippen molar-refractivity contribution < 1.29 is 23.4 Å². The number of hydrogen-bond donors (Lipinski definition) is 2. The predicted octanol–water partition coefficient (Wildman–Crippen LogP) is 2.03. The quantitative estimate of drug-likeness (QED) is 0.683. The van der Waals surface area contributed by atoms with Gasteiger partial charge in [0, 0.05) is 32.1 Å². The Bertz CT molecular complexity index is 1230. The fourth-order valence-corrected chi connectivity index (χ4v) is 5.24. The minimum Gasteiger partial charge on any atom is -0.389 e. The first-order chi connectivity index (χ1) is 16.2. The van der Waals surface area contributed by atoms with Crippen molar-refractivity contribution in [2.24, 2.45) is 0 Å². The monoisotopic (exact) mass is 475 g/mol. The standard InChI is InChI=1S/C24H31F2N5O3/c1-12-5-6-13-14(9-15(25)20-21(13)31(12)22(29-20)24(2,3)33-4)19-16(26)10-27-23(30-19)28-17-7-8-34-11-18(17)32/h10,12,14,17-18,32H,5-9,11H2,1-4H3,(H,27,28,30)/t12-,14?,17+,18+/m0/s1. The number of aromatic nitrogens is 4. The maximum Gasteiger partial charge on any atom is 0.223 e. The number of ether oxygens (including phenoxy) is 2. The lowest BCUT2D eigenvalue weighted by atomic mass is 9.83. The van der Waals surface area contributed by atoms with Crippen LogP contribution in [0, 0.1) is 5.82 Å². The lowest BCUT2D eigenvalue weighted by molar-refractivity contribution is -0.0136. The zero-order chi connectivity index (χ0) is 24.2. The van der Waals surface area contributed by atoms with Crippen LogP contribution in [-0.4, -0.2) is 57.1 Å². The summed E-state index contributed by atoms with van der Waals surface area (Å²) in [5.41, 5.74) is 0.394. The highest BCUT2D eigenvalue weighted by atomic mass is 19.1.